The third kappa shape index (κ3) is 1.27. The SMILES string of the molecule is [O-][n+]1nc2c(Br)cnn2c2cc(Cl)ccc21. The van der Waals surface area contributed by atoms with E-state index in [2.05, 4.69) is 26.1 Å². The average Bonchev–Trinajstić information content (AvgIpc) is 2.61. The summed E-state index contributed by atoms with van der Waals surface area (Å²) in [6.45, 7) is 0. The summed E-state index contributed by atoms with van der Waals surface area (Å²) in [7, 11) is 0. The second kappa shape index (κ2) is 3.29. The van der Waals surface area contributed by atoms with Crippen molar-refractivity contribution in [2.75, 3.05) is 0 Å². The minimum Gasteiger partial charge on any atom is -0.594 e. The summed E-state index contributed by atoms with van der Waals surface area (Å²) in [6.07, 6.45) is 1.59. The van der Waals surface area contributed by atoms with Gasteiger partial charge < -0.3 is 5.21 Å². The molecule has 7 heteroatoms. The largest absolute Gasteiger partial charge is 0.594 e. The molecule has 80 valence electrons. The van der Waals surface area contributed by atoms with Gasteiger partial charge in [0.2, 0.25) is 5.65 Å². The van der Waals surface area contributed by atoms with Crippen molar-refractivity contribution in [1.29, 1.82) is 0 Å². The van der Waals surface area contributed by atoms with Crippen LogP contribution < -0.4 is 4.85 Å². The first kappa shape index (κ1) is 9.80. The van der Waals surface area contributed by atoms with Crippen molar-refractivity contribution in [3.63, 3.8) is 0 Å². The number of benzene rings is 1. The molecule has 0 unspecified atom stereocenters. The van der Waals surface area contributed by atoms with E-state index < -0.39 is 0 Å². The van der Waals surface area contributed by atoms with Crippen LogP contribution in [0.1, 0.15) is 0 Å². The molecule has 0 aliphatic rings. The lowest BCUT2D eigenvalue weighted by Gasteiger charge is -2.01. The number of nitrogens with zero attached hydrogens (tertiary/aromatic N) is 4. The van der Waals surface area contributed by atoms with Crippen molar-refractivity contribution in [2.24, 2.45) is 0 Å². The molecule has 3 aromatic rings. The summed E-state index contributed by atoms with van der Waals surface area (Å²) in [5.74, 6) is 0. The summed E-state index contributed by atoms with van der Waals surface area (Å²) in [5, 5.41) is 20.2. The lowest BCUT2D eigenvalue weighted by atomic mass is 10.3. The first-order chi connectivity index (χ1) is 7.66. The summed E-state index contributed by atoms with van der Waals surface area (Å²) >= 11 is 9.17. The second-order valence-corrected chi connectivity index (χ2v) is 4.52. The molecule has 2 aromatic heterocycles. The van der Waals surface area contributed by atoms with Crippen LogP contribution in [0.15, 0.2) is 28.9 Å². The molecule has 0 amide bonds. The topological polar surface area (TPSA) is 57.1 Å². The molecule has 0 N–H and O–H groups in total. The van der Waals surface area contributed by atoms with Gasteiger partial charge >= 0.3 is 0 Å². The van der Waals surface area contributed by atoms with Crippen LogP contribution in [0.5, 0.6) is 0 Å². The molecule has 0 fully saturated rings. The zero-order chi connectivity index (χ0) is 11.3. The highest BCUT2D eigenvalue weighted by molar-refractivity contribution is 9.10. The normalized spacial score (nSPS) is 11.4. The monoisotopic (exact) mass is 298 g/mol. The van der Waals surface area contributed by atoms with E-state index in [9.17, 15) is 5.21 Å². The Labute approximate surface area is 103 Å². The van der Waals surface area contributed by atoms with Gasteiger partial charge in [0.15, 0.2) is 0 Å². The van der Waals surface area contributed by atoms with Gasteiger partial charge in [-0.25, -0.2) is 4.52 Å². The van der Waals surface area contributed by atoms with E-state index in [1.807, 2.05) is 0 Å². The quantitative estimate of drug-likeness (QED) is 0.471. The van der Waals surface area contributed by atoms with E-state index in [1.54, 1.807) is 28.9 Å². The molecular weight excluding hydrogens is 295 g/mol. The van der Waals surface area contributed by atoms with Crippen LogP contribution in [0.25, 0.3) is 16.7 Å². The molecule has 0 atom stereocenters. The first-order valence-corrected chi connectivity index (χ1v) is 5.56. The van der Waals surface area contributed by atoms with Gasteiger partial charge in [0, 0.05) is 16.2 Å². The van der Waals surface area contributed by atoms with E-state index in [4.69, 9.17) is 11.6 Å². The number of aromatic nitrogens is 4. The fraction of sp³-hybridized carbons (Fsp3) is 0. The molecule has 0 aliphatic heterocycles. The van der Waals surface area contributed by atoms with Gasteiger partial charge in [-0.3, -0.25) is 0 Å². The first-order valence-electron chi connectivity index (χ1n) is 4.39. The average molecular weight is 300 g/mol. The van der Waals surface area contributed by atoms with Crippen LogP contribution >= 0.6 is 27.5 Å². The molecule has 0 saturated carbocycles. The Morgan fingerprint density at radius 2 is 2.25 bits per heavy atom. The van der Waals surface area contributed by atoms with E-state index >= 15 is 0 Å². The zero-order valence-corrected chi connectivity index (χ0v) is 10.1. The number of fused-ring (bicyclic) bond motifs is 3. The molecule has 3 rings (SSSR count). The van der Waals surface area contributed by atoms with Crippen LogP contribution in [0.4, 0.5) is 0 Å². The van der Waals surface area contributed by atoms with Gasteiger partial charge in [0.05, 0.1) is 10.7 Å². The van der Waals surface area contributed by atoms with Crippen molar-refractivity contribution >= 4 is 44.2 Å². The molecule has 2 heterocycles. The fourth-order valence-corrected chi connectivity index (χ4v) is 2.06. The Morgan fingerprint density at radius 1 is 1.44 bits per heavy atom. The second-order valence-electron chi connectivity index (χ2n) is 3.23. The Hall–Kier alpha value is -1.40. The number of rotatable bonds is 0. The summed E-state index contributed by atoms with van der Waals surface area (Å²) in [6, 6.07) is 4.94. The van der Waals surface area contributed by atoms with Gasteiger partial charge in [-0.05, 0) is 32.9 Å². The van der Waals surface area contributed by atoms with E-state index in [-0.39, 0.29) is 0 Å². The molecule has 5 nitrogen and oxygen atoms in total. The molecule has 0 bridgehead atoms. The van der Waals surface area contributed by atoms with Crippen LogP contribution in [-0.4, -0.2) is 14.7 Å². The van der Waals surface area contributed by atoms with Crippen LogP contribution in [-0.2, 0) is 0 Å². The predicted octanol–water partition coefficient (Wildman–Crippen LogP) is 1.93. The minimum absolute atomic E-state index is 0.424. The van der Waals surface area contributed by atoms with E-state index in [0.29, 0.717) is 31.0 Å². The highest BCUT2D eigenvalue weighted by atomic mass is 79.9. The number of hydrogen-bond acceptors (Lipinski definition) is 3. The molecule has 16 heavy (non-hydrogen) atoms. The summed E-state index contributed by atoms with van der Waals surface area (Å²) in [5.41, 5.74) is 1.51. The van der Waals surface area contributed by atoms with Gasteiger partial charge in [-0.2, -0.15) is 5.10 Å². The highest BCUT2D eigenvalue weighted by Gasteiger charge is 2.14. The smallest absolute Gasteiger partial charge is 0.270 e. The van der Waals surface area contributed by atoms with Crippen LogP contribution in [0.3, 0.4) is 0 Å². The van der Waals surface area contributed by atoms with Crippen LogP contribution in [0, 0.1) is 5.21 Å². The zero-order valence-electron chi connectivity index (χ0n) is 7.76. The van der Waals surface area contributed by atoms with E-state index in [0.717, 1.165) is 0 Å². The van der Waals surface area contributed by atoms with Gasteiger partial charge in [-0.15, -0.1) is 0 Å². The molecule has 1 aromatic carbocycles. The Kier molecular flexibility index (Phi) is 2.02. The maximum atomic E-state index is 11.7. The Bertz CT molecular complexity index is 711. The van der Waals surface area contributed by atoms with Gasteiger partial charge in [0.1, 0.15) is 5.52 Å². The third-order valence-electron chi connectivity index (χ3n) is 2.26. The molecular formula is C9H4BrClN4O. The van der Waals surface area contributed by atoms with E-state index in [1.165, 1.54) is 0 Å². The van der Waals surface area contributed by atoms with Gasteiger partial charge in [-0.1, -0.05) is 11.6 Å². The van der Waals surface area contributed by atoms with Crippen molar-refractivity contribution in [3.8, 4) is 0 Å². The minimum atomic E-state index is 0.424. The van der Waals surface area contributed by atoms with Gasteiger partial charge in [0.25, 0.3) is 5.52 Å². The van der Waals surface area contributed by atoms with Crippen molar-refractivity contribution in [3.05, 3.63) is 39.1 Å². The molecule has 0 aliphatic carbocycles. The molecule has 0 radical (unpaired) electrons. The summed E-state index contributed by atoms with van der Waals surface area (Å²) < 4.78 is 2.23. The number of halogens is 2. The van der Waals surface area contributed by atoms with Crippen molar-refractivity contribution in [2.45, 2.75) is 0 Å². The Morgan fingerprint density at radius 3 is 3.06 bits per heavy atom. The van der Waals surface area contributed by atoms with Crippen LogP contribution in [0.2, 0.25) is 5.02 Å². The maximum absolute atomic E-state index is 11.7. The maximum Gasteiger partial charge on any atom is 0.270 e. The van der Waals surface area contributed by atoms with Crippen molar-refractivity contribution in [1.82, 2.24) is 14.7 Å². The fourth-order valence-electron chi connectivity index (χ4n) is 1.56. The Balaban J connectivity index is 2.62. The summed E-state index contributed by atoms with van der Waals surface area (Å²) in [4.78, 5) is 0.563. The molecule has 0 spiro atoms. The third-order valence-corrected chi connectivity index (χ3v) is 3.05. The van der Waals surface area contributed by atoms with Crippen molar-refractivity contribution < 1.29 is 4.85 Å². The standard InChI is InChI=1S/C9H4BrClN4O/c10-6-4-12-14-8-3-5(11)1-2-7(8)15(16)13-9(6)14/h1-4H. The highest BCUT2D eigenvalue weighted by Crippen LogP contribution is 2.20. The molecule has 0 saturated heterocycles. The lowest BCUT2D eigenvalue weighted by Crippen LogP contribution is -2.33. The lowest BCUT2D eigenvalue weighted by molar-refractivity contribution is -0.640. The predicted molar refractivity (Wildman–Crippen MR) is 62.2 cm³/mol. The number of hydrogen-bond donors (Lipinski definition) is 0.